The largest absolute Gasteiger partial charge is 0.477 e. The van der Waals surface area contributed by atoms with Gasteiger partial charge in [0, 0.05) is 13.2 Å². The third kappa shape index (κ3) is 2.54. The summed E-state index contributed by atoms with van der Waals surface area (Å²) in [4.78, 5) is 27.9. The molecule has 3 aromatic rings. The molecular weight excluding hydrogens is 298 g/mol. The number of carboxylic acids is 1. The molecule has 2 aromatic heterocycles. The van der Waals surface area contributed by atoms with Crippen LogP contribution in [0.1, 0.15) is 23.5 Å². The number of hydrogen-bond acceptors (Lipinski definition) is 4. The van der Waals surface area contributed by atoms with Crippen molar-refractivity contribution in [1.29, 1.82) is 0 Å². The molecule has 0 fully saturated rings. The number of anilines is 1. The molecule has 1 unspecified atom stereocenters. The number of nitrogens with one attached hydrogen (secondary N) is 1. The molecule has 8 heteroatoms. The van der Waals surface area contributed by atoms with Crippen molar-refractivity contribution in [3.8, 4) is 0 Å². The summed E-state index contributed by atoms with van der Waals surface area (Å²) < 4.78 is 2.93. The molecule has 2 heterocycles. The van der Waals surface area contributed by atoms with E-state index in [9.17, 15) is 9.59 Å². The van der Waals surface area contributed by atoms with E-state index in [4.69, 9.17) is 5.11 Å². The number of carboxylic acid groups (broad SMARTS) is 1. The van der Waals surface area contributed by atoms with Gasteiger partial charge in [0.15, 0.2) is 0 Å². The zero-order chi connectivity index (χ0) is 16.6. The summed E-state index contributed by atoms with van der Waals surface area (Å²) in [5.74, 6) is -1.13. The summed E-state index contributed by atoms with van der Waals surface area (Å²) in [6.45, 7) is 1.58. The standard InChI is InChI=1S/C15H15N5O3/c1-9(20-12(14(22)23)7-8-16-20)13(21)18-15-17-10-5-3-4-6-11(10)19(15)2/h3-9H,1-2H3,(H,22,23)(H,17,18,21). The molecule has 118 valence electrons. The van der Waals surface area contributed by atoms with Gasteiger partial charge in [0.05, 0.1) is 11.0 Å². The fraction of sp³-hybridized carbons (Fsp3) is 0.200. The maximum absolute atomic E-state index is 12.4. The Balaban J connectivity index is 1.87. The second kappa shape index (κ2) is 5.56. The van der Waals surface area contributed by atoms with E-state index in [-0.39, 0.29) is 5.69 Å². The summed E-state index contributed by atoms with van der Waals surface area (Å²) in [6, 6.07) is 8.08. The lowest BCUT2D eigenvalue weighted by molar-refractivity contribution is -0.119. The average molecular weight is 313 g/mol. The van der Waals surface area contributed by atoms with Gasteiger partial charge in [0.1, 0.15) is 11.7 Å². The van der Waals surface area contributed by atoms with Crippen LogP contribution in [0.25, 0.3) is 11.0 Å². The van der Waals surface area contributed by atoms with Gasteiger partial charge < -0.3 is 9.67 Å². The van der Waals surface area contributed by atoms with E-state index in [0.29, 0.717) is 5.95 Å². The second-order valence-corrected chi connectivity index (χ2v) is 5.11. The Labute approximate surface area is 131 Å². The number of benzene rings is 1. The lowest BCUT2D eigenvalue weighted by Gasteiger charge is -2.14. The van der Waals surface area contributed by atoms with Gasteiger partial charge in [-0.25, -0.2) is 14.5 Å². The summed E-state index contributed by atoms with van der Waals surface area (Å²) >= 11 is 0. The number of rotatable bonds is 4. The van der Waals surface area contributed by atoms with Crippen LogP contribution in [0.5, 0.6) is 0 Å². The maximum Gasteiger partial charge on any atom is 0.354 e. The van der Waals surface area contributed by atoms with E-state index in [1.165, 1.54) is 16.9 Å². The van der Waals surface area contributed by atoms with E-state index in [1.54, 1.807) is 18.5 Å². The van der Waals surface area contributed by atoms with Gasteiger partial charge in [-0.1, -0.05) is 12.1 Å². The van der Waals surface area contributed by atoms with Crippen molar-refractivity contribution in [2.45, 2.75) is 13.0 Å². The number of carbonyl (C=O) groups excluding carboxylic acids is 1. The number of hydrogen-bond donors (Lipinski definition) is 2. The SMILES string of the molecule is CC(C(=O)Nc1nc2ccccc2n1C)n1nccc1C(=O)O. The third-order valence-electron chi connectivity index (χ3n) is 3.66. The van der Waals surface area contributed by atoms with Crippen molar-refractivity contribution in [2.24, 2.45) is 7.05 Å². The summed E-state index contributed by atoms with van der Waals surface area (Å²) in [6.07, 6.45) is 1.35. The van der Waals surface area contributed by atoms with Gasteiger partial charge in [-0.15, -0.1) is 0 Å². The highest BCUT2D eigenvalue weighted by Crippen LogP contribution is 2.19. The summed E-state index contributed by atoms with van der Waals surface area (Å²) in [5, 5.41) is 15.7. The van der Waals surface area contributed by atoms with Crippen LogP contribution in [0.3, 0.4) is 0 Å². The van der Waals surface area contributed by atoms with Gasteiger partial charge in [-0.2, -0.15) is 5.10 Å². The van der Waals surface area contributed by atoms with Crippen LogP contribution >= 0.6 is 0 Å². The van der Waals surface area contributed by atoms with Crippen LogP contribution in [-0.2, 0) is 11.8 Å². The van der Waals surface area contributed by atoms with Crippen LogP contribution in [0.2, 0.25) is 0 Å². The quantitative estimate of drug-likeness (QED) is 0.763. The van der Waals surface area contributed by atoms with Crippen LogP contribution in [0, 0.1) is 0 Å². The molecule has 0 bridgehead atoms. The Morgan fingerprint density at radius 2 is 2.00 bits per heavy atom. The minimum absolute atomic E-state index is 0.0438. The third-order valence-corrected chi connectivity index (χ3v) is 3.66. The first-order chi connectivity index (χ1) is 11.0. The zero-order valence-corrected chi connectivity index (χ0v) is 12.6. The molecule has 0 aliphatic carbocycles. The van der Waals surface area contributed by atoms with Gasteiger partial charge >= 0.3 is 5.97 Å². The fourth-order valence-electron chi connectivity index (χ4n) is 2.38. The van der Waals surface area contributed by atoms with Gasteiger partial charge in [-0.05, 0) is 25.1 Å². The minimum atomic E-state index is -1.13. The van der Waals surface area contributed by atoms with E-state index in [0.717, 1.165) is 11.0 Å². The molecule has 0 aliphatic heterocycles. The smallest absolute Gasteiger partial charge is 0.354 e. The molecule has 1 aromatic carbocycles. The molecule has 0 radical (unpaired) electrons. The van der Waals surface area contributed by atoms with Crippen LogP contribution in [0.15, 0.2) is 36.5 Å². The van der Waals surface area contributed by atoms with Crippen molar-refractivity contribution < 1.29 is 14.7 Å². The molecule has 2 N–H and O–H groups in total. The Hall–Kier alpha value is -3.16. The van der Waals surface area contributed by atoms with Crippen molar-refractivity contribution in [2.75, 3.05) is 5.32 Å². The molecule has 8 nitrogen and oxygen atoms in total. The highest BCUT2D eigenvalue weighted by molar-refractivity contribution is 5.95. The first kappa shape index (κ1) is 14.8. The number of aromatic carboxylic acids is 1. The molecule has 0 saturated heterocycles. The van der Waals surface area contributed by atoms with Crippen molar-refractivity contribution in [3.63, 3.8) is 0 Å². The Morgan fingerprint density at radius 1 is 1.26 bits per heavy atom. The molecule has 0 aliphatic rings. The Bertz CT molecular complexity index is 896. The number of nitrogens with zero attached hydrogens (tertiary/aromatic N) is 4. The molecule has 1 atom stereocenters. The van der Waals surface area contributed by atoms with Crippen molar-refractivity contribution in [3.05, 3.63) is 42.2 Å². The minimum Gasteiger partial charge on any atom is -0.477 e. The maximum atomic E-state index is 12.4. The fourth-order valence-corrected chi connectivity index (χ4v) is 2.38. The van der Waals surface area contributed by atoms with Crippen molar-refractivity contribution in [1.82, 2.24) is 19.3 Å². The highest BCUT2D eigenvalue weighted by atomic mass is 16.4. The number of aromatic nitrogens is 4. The van der Waals surface area contributed by atoms with Crippen LogP contribution in [-0.4, -0.2) is 36.3 Å². The number of para-hydroxylation sites is 2. The topological polar surface area (TPSA) is 102 Å². The summed E-state index contributed by atoms with van der Waals surface area (Å²) in [5.41, 5.74) is 1.61. The monoisotopic (exact) mass is 313 g/mol. The van der Waals surface area contributed by atoms with E-state index < -0.39 is 17.9 Å². The average Bonchev–Trinajstić information content (AvgIpc) is 3.13. The molecule has 23 heavy (non-hydrogen) atoms. The van der Waals surface area contributed by atoms with E-state index >= 15 is 0 Å². The lowest BCUT2D eigenvalue weighted by atomic mass is 10.3. The molecule has 0 spiro atoms. The number of imidazole rings is 1. The predicted molar refractivity (Wildman–Crippen MR) is 83.2 cm³/mol. The highest BCUT2D eigenvalue weighted by Gasteiger charge is 2.22. The van der Waals surface area contributed by atoms with E-state index in [2.05, 4.69) is 15.4 Å². The Morgan fingerprint density at radius 3 is 2.70 bits per heavy atom. The molecular formula is C15H15N5O3. The zero-order valence-electron chi connectivity index (χ0n) is 12.6. The summed E-state index contributed by atoms with van der Waals surface area (Å²) in [7, 11) is 1.80. The number of carbonyl (C=O) groups is 2. The first-order valence-electron chi connectivity index (χ1n) is 6.98. The normalized spacial score (nSPS) is 12.3. The second-order valence-electron chi connectivity index (χ2n) is 5.11. The molecule has 0 saturated carbocycles. The Kier molecular flexibility index (Phi) is 3.57. The van der Waals surface area contributed by atoms with Crippen molar-refractivity contribution >= 4 is 28.9 Å². The molecule has 3 rings (SSSR count). The van der Waals surface area contributed by atoms with Gasteiger partial charge in [0.2, 0.25) is 5.95 Å². The molecule has 1 amide bonds. The first-order valence-corrected chi connectivity index (χ1v) is 6.98. The van der Waals surface area contributed by atoms with Crippen LogP contribution < -0.4 is 5.32 Å². The van der Waals surface area contributed by atoms with Gasteiger partial charge in [0.25, 0.3) is 5.91 Å². The van der Waals surface area contributed by atoms with E-state index in [1.807, 2.05) is 24.3 Å². The number of aryl methyl sites for hydroxylation is 1. The predicted octanol–water partition coefficient (Wildman–Crippen LogP) is 1.67. The lowest BCUT2D eigenvalue weighted by Crippen LogP contribution is -2.27. The number of fused-ring (bicyclic) bond motifs is 1. The number of amides is 1. The van der Waals surface area contributed by atoms with Gasteiger partial charge in [-0.3, -0.25) is 10.1 Å². The van der Waals surface area contributed by atoms with Crippen LogP contribution in [0.4, 0.5) is 5.95 Å².